The molecule has 1 unspecified atom stereocenters. The van der Waals surface area contributed by atoms with Gasteiger partial charge in [-0.1, -0.05) is 56.0 Å². The Morgan fingerprint density at radius 2 is 1.77 bits per heavy atom. The molecule has 0 radical (unpaired) electrons. The van der Waals surface area contributed by atoms with Gasteiger partial charge in [-0.25, -0.2) is 0 Å². The number of hydrogen-bond donors (Lipinski definition) is 1. The van der Waals surface area contributed by atoms with Crippen molar-refractivity contribution in [3.63, 3.8) is 0 Å². The molecule has 0 aromatic heterocycles. The predicted molar refractivity (Wildman–Crippen MR) is 141 cm³/mol. The molecule has 168 valence electrons. The summed E-state index contributed by atoms with van der Waals surface area (Å²) in [5, 5.41) is 3.61. The Bertz CT molecular complexity index is 896. The van der Waals surface area contributed by atoms with E-state index in [4.69, 9.17) is 12.2 Å². The highest BCUT2D eigenvalue weighted by molar-refractivity contribution is 7.99. The van der Waals surface area contributed by atoms with Gasteiger partial charge >= 0.3 is 0 Å². The fraction of sp³-hybridized carbons (Fsp3) is 0.480. The standard InChI is InChI=1S/C25H33N3S2.ClH/c1-18(2)12-15-28(19(3)17-27-13-6-7-14-27)25(29)20-10-11-24-22(16-20)26-21-8-4-5-9-23(21)30-24;/h4-5,8-11,16,18-19,26H,6-7,12-15,17H2,1-3H3;1H. The molecule has 0 spiro atoms. The van der Waals surface area contributed by atoms with Crippen molar-refractivity contribution < 1.29 is 0 Å². The van der Waals surface area contributed by atoms with E-state index in [0.29, 0.717) is 12.0 Å². The Balaban J connectivity index is 0.00000272. The van der Waals surface area contributed by atoms with E-state index in [1.165, 1.54) is 41.4 Å². The Morgan fingerprint density at radius 1 is 1.06 bits per heavy atom. The lowest BCUT2D eigenvalue weighted by atomic mass is 10.1. The van der Waals surface area contributed by atoms with E-state index in [9.17, 15) is 0 Å². The van der Waals surface area contributed by atoms with E-state index in [1.807, 2.05) is 11.8 Å². The Labute approximate surface area is 203 Å². The summed E-state index contributed by atoms with van der Waals surface area (Å²) in [5.41, 5.74) is 3.49. The minimum absolute atomic E-state index is 0. The average molecular weight is 476 g/mol. The second kappa shape index (κ2) is 11.0. The topological polar surface area (TPSA) is 18.5 Å². The number of thiocarbonyl (C=S) groups is 1. The van der Waals surface area contributed by atoms with E-state index >= 15 is 0 Å². The molecule has 2 heterocycles. The van der Waals surface area contributed by atoms with Crippen molar-refractivity contribution >= 4 is 52.8 Å². The molecule has 1 saturated heterocycles. The molecular formula is C25H34ClN3S2. The molecule has 1 atom stereocenters. The molecule has 0 saturated carbocycles. The number of fused-ring (bicyclic) bond motifs is 2. The van der Waals surface area contributed by atoms with Crippen LogP contribution in [0.2, 0.25) is 0 Å². The maximum atomic E-state index is 6.07. The zero-order chi connectivity index (χ0) is 21.1. The molecule has 1 N–H and O–H groups in total. The molecule has 0 aliphatic carbocycles. The number of halogens is 1. The van der Waals surface area contributed by atoms with Crippen LogP contribution in [0.25, 0.3) is 0 Å². The Kier molecular flexibility index (Phi) is 8.68. The minimum atomic E-state index is 0. The Morgan fingerprint density at radius 3 is 2.52 bits per heavy atom. The van der Waals surface area contributed by atoms with Gasteiger partial charge in [0.05, 0.1) is 11.4 Å². The number of hydrogen-bond acceptors (Lipinski definition) is 4. The molecule has 4 rings (SSSR count). The van der Waals surface area contributed by atoms with Crippen LogP contribution in [0.4, 0.5) is 11.4 Å². The minimum Gasteiger partial charge on any atom is -0.358 e. The van der Waals surface area contributed by atoms with Crippen LogP contribution in [0.5, 0.6) is 0 Å². The first-order valence-electron chi connectivity index (χ1n) is 11.2. The summed E-state index contributed by atoms with van der Waals surface area (Å²) in [6.45, 7) is 11.5. The molecule has 3 nitrogen and oxygen atoms in total. The molecule has 2 aromatic rings. The molecule has 2 aromatic carbocycles. The summed E-state index contributed by atoms with van der Waals surface area (Å²) in [6.07, 6.45) is 3.83. The Hall–Kier alpha value is -1.27. The van der Waals surface area contributed by atoms with Gasteiger partial charge in [-0.15, -0.1) is 12.4 Å². The van der Waals surface area contributed by atoms with Gasteiger partial charge < -0.3 is 15.1 Å². The summed E-state index contributed by atoms with van der Waals surface area (Å²) < 4.78 is 0. The molecule has 2 aliphatic rings. The number of nitrogens with one attached hydrogen (secondary N) is 1. The zero-order valence-electron chi connectivity index (χ0n) is 18.8. The molecule has 0 bridgehead atoms. The van der Waals surface area contributed by atoms with E-state index in [2.05, 4.69) is 78.4 Å². The largest absolute Gasteiger partial charge is 0.358 e. The zero-order valence-corrected chi connectivity index (χ0v) is 21.2. The van der Waals surface area contributed by atoms with Crippen LogP contribution in [-0.2, 0) is 0 Å². The van der Waals surface area contributed by atoms with Crippen LogP contribution in [0.1, 0.15) is 45.6 Å². The highest BCUT2D eigenvalue weighted by atomic mass is 35.5. The molecule has 6 heteroatoms. The third kappa shape index (κ3) is 5.95. The van der Waals surface area contributed by atoms with Gasteiger partial charge in [0, 0.05) is 34.5 Å². The smallest absolute Gasteiger partial charge is 0.109 e. The quantitative estimate of drug-likeness (QED) is 0.376. The predicted octanol–water partition coefficient (Wildman–Crippen LogP) is 6.82. The van der Waals surface area contributed by atoms with Crippen molar-refractivity contribution in [3.05, 3.63) is 48.0 Å². The van der Waals surface area contributed by atoms with Crippen molar-refractivity contribution in [3.8, 4) is 0 Å². The molecule has 31 heavy (non-hydrogen) atoms. The molecule has 1 fully saturated rings. The van der Waals surface area contributed by atoms with Crippen molar-refractivity contribution in [1.82, 2.24) is 9.80 Å². The van der Waals surface area contributed by atoms with E-state index in [0.717, 1.165) is 35.7 Å². The highest BCUT2D eigenvalue weighted by Crippen LogP contribution is 2.44. The van der Waals surface area contributed by atoms with Crippen molar-refractivity contribution in [2.75, 3.05) is 31.5 Å². The van der Waals surface area contributed by atoms with Crippen LogP contribution in [0.3, 0.4) is 0 Å². The van der Waals surface area contributed by atoms with E-state index in [1.54, 1.807) is 0 Å². The summed E-state index contributed by atoms with van der Waals surface area (Å²) in [7, 11) is 0. The molecule has 0 amide bonds. The van der Waals surface area contributed by atoms with Crippen molar-refractivity contribution in [2.24, 2.45) is 5.92 Å². The maximum absolute atomic E-state index is 6.07. The number of nitrogens with zero attached hydrogens (tertiary/aromatic N) is 2. The maximum Gasteiger partial charge on any atom is 0.109 e. The number of para-hydroxylation sites is 1. The summed E-state index contributed by atoms with van der Waals surface area (Å²) >= 11 is 7.89. The fourth-order valence-corrected chi connectivity index (χ4v) is 5.66. The van der Waals surface area contributed by atoms with Crippen molar-refractivity contribution in [2.45, 2.75) is 55.9 Å². The van der Waals surface area contributed by atoms with Crippen LogP contribution >= 0.6 is 36.4 Å². The van der Waals surface area contributed by atoms with Gasteiger partial charge in [0.1, 0.15) is 4.99 Å². The van der Waals surface area contributed by atoms with Gasteiger partial charge in [0.25, 0.3) is 0 Å². The third-order valence-electron chi connectivity index (χ3n) is 6.06. The fourth-order valence-electron chi connectivity index (χ4n) is 4.29. The van der Waals surface area contributed by atoms with Crippen LogP contribution in [0.15, 0.2) is 52.3 Å². The summed E-state index contributed by atoms with van der Waals surface area (Å²) in [4.78, 5) is 8.59. The monoisotopic (exact) mass is 475 g/mol. The lowest BCUT2D eigenvalue weighted by Gasteiger charge is -2.35. The highest BCUT2D eigenvalue weighted by Gasteiger charge is 2.24. The summed E-state index contributed by atoms with van der Waals surface area (Å²) in [6, 6.07) is 15.6. The SMILES string of the molecule is CC(C)CCN(C(=S)c1ccc2c(c1)Nc1ccccc1S2)C(C)CN1CCCC1.Cl. The van der Waals surface area contributed by atoms with Crippen LogP contribution < -0.4 is 5.32 Å². The number of anilines is 2. The first kappa shape index (κ1) is 24.4. The van der Waals surface area contributed by atoms with Gasteiger partial charge in [0.15, 0.2) is 0 Å². The second-order valence-electron chi connectivity index (χ2n) is 8.97. The number of rotatable bonds is 7. The number of benzene rings is 2. The normalized spacial score (nSPS) is 16.1. The molecule has 2 aliphatic heterocycles. The summed E-state index contributed by atoms with van der Waals surface area (Å²) in [5.74, 6) is 0.674. The lowest BCUT2D eigenvalue weighted by Crippen LogP contribution is -2.45. The first-order chi connectivity index (χ1) is 14.5. The van der Waals surface area contributed by atoms with E-state index < -0.39 is 0 Å². The average Bonchev–Trinajstić information content (AvgIpc) is 3.24. The van der Waals surface area contributed by atoms with E-state index in [-0.39, 0.29) is 12.4 Å². The molecular weight excluding hydrogens is 442 g/mol. The van der Waals surface area contributed by atoms with Gasteiger partial charge in [-0.2, -0.15) is 0 Å². The second-order valence-corrected chi connectivity index (χ2v) is 10.4. The van der Waals surface area contributed by atoms with Gasteiger partial charge in [-0.05, 0) is 69.5 Å². The van der Waals surface area contributed by atoms with Gasteiger partial charge in [0.2, 0.25) is 0 Å². The van der Waals surface area contributed by atoms with Gasteiger partial charge in [-0.3, -0.25) is 0 Å². The number of likely N-dealkylation sites (tertiary alicyclic amines) is 1. The lowest BCUT2D eigenvalue weighted by molar-refractivity contribution is 0.227. The first-order valence-corrected chi connectivity index (χ1v) is 12.4. The van der Waals surface area contributed by atoms with Crippen molar-refractivity contribution in [1.29, 1.82) is 0 Å². The van der Waals surface area contributed by atoms with Crippen LogP contribution in [-0.4, -0.2) is 47.0 Å². The van der Waals surface area contributed by atoms with Crippen LogP contribution in [0, 0.1) is 5.92 Å². The third-order valence-corrected chi connectivity index (χ3v) is 7.69.